The van der Waals surface area contributed by atoms with E-state index in [1.807, 2.05) is 0 Å². The zero-order valence-electron chi connectivity index (χ0n) is 13.6. The lowest BCUT2D eigenvalue weighted by atomic mass is 9.72. The van der Waals surface area contributed by atoms with Crippen LogP contribution < -0.4 is 11.1 Å². The maximum atomic E-state index is 12.0. The number of hydrogen-bond donors (Lipinski definition) is 2. The van der Waals surface area contributed by atoms with E-state index in [-0.39, 0.29) is 23.6 Å². The quantitative estimate of drug-likeness (QED) is 0.778. The molecule has 1 aliphatic carbocycles. The molecular weight excluding hydrogens is 288 g/mol. The maximum Gasteiger partial charge on any atom is 0.220 e. The molecule has 0 heterocycles. The standard InChI is InChI=1S/C15H30N2O3S/c1-14(2,3)21(19,20)10-9-17-13(18)11-15(12-16)7-5-4-6-8-15/h4-12,16H2,1-3H3,(H,17,18). The molecule has 21 heavy (non-hydrogen) atoms. The predicted octanol–water partition coefficient (Wildman–Crippen LogP) is 1.62. The zero-order chi connectivity index (χ0) is 16.1. The fraction of sp³-hybridized carbons (Fsp3) is 0.933. The Morgan fingerprint density at radius 3 is 2.24 bits per heavy atom. The number of sulfone groups is 1. The van der Waals surface area contributed by atoms with Gasteiger partial charge in [0.25, 0.3) is 0 Å². The second-order valence-electron chi connectivity index (χ2n) is 7.22. The van der Waals surface area contributed by atoms with E-state index in [0.29, 0.717) is 13.0 Å². The van der Waals surface area contributed by atoms with Crippen molar-refractivity contribution in [2.45, 2.75) is 64.0 Å². The molecule has 0 radical (unpaired) electrons. The van der Waals surface area contributed by atoms with Gasteiger partial charge in [0.1, 0.15) is 0 Å². The molecule has 0 aromatic heterocycles. The summed E-state index contributed by atoms with van der Waals surface area (Å²) in [6.07, 6.45) is 5.88. The summed E-state index contributed by atoms with van der Waals surface area (Å²) >= 11 is 0. The Bertz CT molecular complexity index is 446. The third-order valence-electron chi connectivity index (χ3n) is 4.51. The van der Waals surface area contributed by atoms with E-state index in [0.717, 1.165) is 25.7 Å². The Morgan fingerprint density at radius 1 is 1.19 bits per heavy atom. The molecule has 6 heteroatoms. The molecule has 0 aliphatic heterocycles. The van der Waals surface area contributed by atoms with Gasteiger partial charge in [0.15, 0.2) is 9.84 Å². The van der Waals surface area contributed by atoms with Crippen LogP contribution in [-0.2, 0) is 14.6 Å². The van der Waals surface area contributed by atoms with Gasteiger partial charge in [-0.15, -0.1) is 0 Å². The van der Waals surface area contributed by atoms with E-state index in [1.54, 1.807) is 20.8 Å². The highest BCUT2D eigenvalue weighted by Gasteiger charge is 2.33. The molecule has 1 amide bonds. The third kappa shape index (κ3) is 5.25. The van der Waals surface area contributed by atoms with Gasteiger partial charge in [0.2, 0.25) is 5.91 Å². The minimum atomic E-state index is -3.19. The highest BCUT2D eigenvalue weighted by Crippen LogP contribution is 2.38. The molecule has 0 unspecified atom stereocenters. The first-order valence-corrected chi connectivity index (χ1v) is 9.46. The Morgan fingerprint density at radius 2 is 1.76 bits per heavy atom. The highest BCUT2D eigenvalue weighted by atomic mass is 32.2. The number of carbonyl (C=O) groups excluding carboxylic acids is 1. The number of amides is 1. The van der Waals surface area contributed by atoms with E-state index < -0.39 is 14.6 Å². The van der Waals surface area contributed by atoms with Crippen LogP contribution in [0.3, 0.4) is 0 Å². The van der Waals surface area contributed by atoms with Crippen molar-refractivity contribution in [2.24, 2.45) is 11.1 Å². The van der Waals surface area contributed by atoms with Gasteiger partial charge in [-0.3, -0.25) is 4.79 Å². The minimum Gasteiger partial charge on any atom is -0.355 e. The molecule has 0 saturated heterocycles. The second-order valence-corrected chi connectivity index (χ2v) is 10.1. The summed E-state index contributed by atoms with van der Waals surface area (Å²) in [6, 6.07) is 0. The van der Waals surface area contributed by atoms with E-state index >= 15 is 0 Å². The summed E-state index contributed by atoms with van der Waals surface area (Å²) in [5.74, 6) is -0.0934. The lowest BCUT2D eigenvalue weighted by molar-refractivity contribution is -0.123. The van der Waals surface area contributed by atoms with Crippen LogP contribution in [0.15, 0.2) is 0 Å². The lowest BCUT2D eigenvalue weighted by Gasteiger charge is -2.35. The van der Waals surface area contributed by atoms with Crippen LogP contribution in [0.4, 0.5) is 0 Å². The second kappa shape index (κ2) is 7.09. The molecule has 1 rings (SSSR count). The van der Waals surface area contributed by atoms with Gasteiger partial charge in [0, 0.05) is 13.0 Å². The van der Waals surface area contributed by atoms with Crippen molar-refractivity contribution in [1.82, 2.24) is 5.32 Å². The Balaban J connectivity index is 2.44. The van der Waals surface area contributed by atoms with Crippen molar-refractivity contribution in [2.75, 3.05) is 18.8 Å². The zero-order valence-corrected chi connectivity index (χ0v) is 14.4. The van der Waals surface area contributed by atoms with Crippen LogP contribution in [0.25, 0.3) is 0 Å². The lowest BCUT2D eigenvalue weighted by Crippen LogP contribution is -2.41. The monoisotopic (exact) mass is 318 g/mol. The summed E-state index contributed by atoms with van der Waals surface area (Å²) in [7, 11) is -3.19. The molecule has 124 valence electrons. The number of nitrogens with two attached hydrogens (primary N) is 1. The van der Waals surface area contributed by atoms with Crippen molar-refractivity contribution in [1.29, 1.82) is 0 Å². The third-order valence-corrected chi connectivity index (χ3v) is 7.12. The molecule has 3 N–H and O–H groups in total. The van der Waals surface area contributed by atoms with Gasteiger partial charge in [-0.1, -0.05) is 19.3 Å². The van der Waals surface area contributed by atoms with Crippen molar-refractivity contribution in [3.63, 3.8) is 0 Å². The smallest absolute Gasteiger partial charge is 0.220 e. The summed E-state index contributed by atoms with van der Waals surface area (Å²) < 4.78 is 23.2. The molecule has 0 aromatic rings. The number of rotatable bonds is 6. The predicted molar refractivity (Wildman–Crippen MR) is 85.7 cm³/mol. The van der Waals surface area contributed by atoms with E-state index in [4.69, 9.17) is 5.73 Å². The topological polar surface area (TPSA) is 89.3 Å². The van der Waals surface area contributed by atoms with Crippen LogP contribution in [0, 0.1) is 5.41 Å². The largest absolute Gasteiger partial charge is 0.355 e. The van der Waals surface area contributed by atoms with Crippen LogP contribution in [0.2, 0.25) is 0 Å². The normalized spacial score (nSPS) is 19.2. The Hall–Kier alpha value is -0.620. The molecule has 0 bridgehead atoms. The van der Waals surface area contributed by atoms with E-state index in [2.05, 4.69) is 5.32 Å². The van der Waals surface area contributed by atoms with Gasteiger partial charge in [-0.25, -0.2) is 8.42 Å². The first-order valence-electron chi connectivity index (χ1n) is 7.81. The molecule has 5 nitrogen and oxygen atoms in total. The maximum absolute atomic E-state index is 12.0. The van der Waals surface area contributed by atoms with Crippen LogP contribution >= 0.6 is 0 Å². The number of nitrogens with one attached hydrogen (secondary N) is 1. The van der Waals surface area contributed by atoms with Crippen molar-refractivity contribution in [3.05, 3.63) is 0 Å². The molecule has 1 fully saturated rings. The number of hydrogen-bond acceptors (Lipinski definition) is 4. The van der Waals surface area contributed by atoms with Gasteiger partial charge in [0.05, 0.1) is 10.5 Å². The molecule has 0 aromatic carbocycles. The van der Waals surface area contributed by atoms with Crippen molar-refractivity contribution in [3.8, 4) is 0 Å². The van der Waals surface area contributed by atoms with Crippen molar-refractivity contribution >= 4 is 15.7 Å². The molecule has 0 spiro atoms. The average molecular weight is 318 g/mol. The fourth-order valence-electron chi connectivity index (χ4n) is 2.79. The van der Waals surface area contributed by atoms with Gasteiger partial charge in [-0.2, -0.15) is 0 Å². The first-order chi connectivity index (χ1) is 9.62. The Labute approximate surface area is 129 Å². The van der Waals surface area contributed by atoms with Gasteiger partial charge >= 0.3 is 0 Å². The molecule has 1 aliphatic rings. The van der Waals surface area contributed by atoms with Crippen LogP contribution in [0.5, 0.6) is 0 Å². The van der Waals surface area contributed by atoms with Crippen molar-refractivity contribution < 1.29 is 13.2 Å². The summed E-state index contributed by atoms with van der Waals surface area (Å²) in [4.78, 5) is 12.0. The molecule has 0 atom stereocenters. The minimum absolute atomic E-state index is 0.0160. The molecule has 1 saturated carbocycles. The SMILES string of the molecule is CC(C)(C)S(=O)(=O)CCNC(=O)CC1(CN)CCCCC1. The summed E-state index contributed by atoms with van der Waals surface area (Å²) in [6.45, 7) is 5.74. The first kappa shape index (κ1) is 18.4. The van der Waals surface area contributed by atoms with E-state index in [9.17, 15) is 13.2 Å². The average Bonchev–Trinajstić information content (AvgIpc) is 2.38. The highest BCUT2D eigenvalue weighted by molar-refractivity contribution is 7.92. The molecular formula is C15H30N2O3S. The van der Waals surface area contributed by atoms with Crippen LogP contribution in [0.1, 0.15) is 59.3 Å². The Kier molecular flexibility index (Phi) is 6.23. The van der Waals surface area contributed by atoms with Crippen LogP contribution in [-0.4, -0.2) is 37.9 Å². The summed E-state index contributed by atoms with van der Waals surface area (Å²) in [5, 5.41) is 2.74. The summed E-state index contributed by atoms with van der Waals surface area (Å²) in [5.41, 5.74) is 5.79. The van der Waals surface area contributed by atoms with E-state index in [1.165, 1.54) is 6.42 Å². The van der Waals surface area contributed by atoms with Gasteiger partial charge < -0.3 is 11.1 Å². The fourth-order valence-corrected chi connectivity index (χ4v) is 3.77. The van der Waals surface area contributed by atoms with Gasteiger partial charge in [-0.05, 0) is 45.6 Å². The number of carbonyl (C=O) groups is 1.